The van der Waals surface area contributed by atoms with E-state index in [-0.39, 0.29) is 27.7 Å². The molecule has 0 saturated carbocycles. The Kier molecular flexibility index (Phi) is 6.00. The number of carbonyl (C=O) groups excluding carboxylic acids is 1. The molecule has 2 aromatic rings. The third kappa shape index (κ3) is 5.36. The minimum absolute atomic E-state index is 0.0629. The van der Waals surface area contributed by atoms with Crippen molar-refractivity contribution < 1.29 is 21.6 Å². The summed E-state index contributed by atoms with van der Waals surface area (Å²) in [5.74, 6) is -0.149. The molecule has 9 heteroatoms. The first kappa shape index (κ1) is 21.3. The van der Waals surface area contributed by atoms with Crippen molar-refractivity contribution in [1.29, 1.82) is 0 Å². The first-order chi connectivity index (χ1) is 13.6. The fraction of sp³-hybridized carbons (Fsp3) is 0.350. The first-order valence-electron chi connectivity index (χ1n) is 9.30. The molecular formula is C20H24N2O5S2. The van der Waals surface area contributed by atoms with E-state index in [4.69, 9.17) is 0 Å². The quantitative estimate of drug-likeness (QED) is 0.723. The monoisotopic (exact) mass is 436 g/mol. The summed E-state index contributed by atoms with van der Waals surface area (Å²) < 4.78 is 50.8. The van der Waals surface area contributed by atoms with Gasteiger partial charge in [-0.3, -0.25) is 9.52 Å². The summed E-state index contributed by atoms with van der Waals surface area (Å²) in [6.45, 7) is 4.05. The maximum atomic E-state index is 12.6. The van der Waals surface area contributed by atoms with Crippen molar-refractivity contribution in [3.63, 3.8) is 0 Å². The molecule has 0 aliphatic carbocycles. The van der Waals surface area contributed by atoms with Crippen LogP contribution in [0.3, 0.4) is 0 Å². The summed E-state index contributed by atoms with van der Waals surface area (Å²) in [6, 6.07) is 12.3. The number of sulfonamides is 1. The molecule has 1 atom stereocenters. The lowest BCUT2D eigenvalue weighted by Gasteiger charge is -2.13. The van der Waals surface area contributed by atoms with Crippen LogP contribution in [0.1, 0.15) is 42.1 Å². The molecule has 1 heterocycles. The lowest BCUT2D eigenvalue weighted by atomic mass is 10.0. The molecule has 1 amide bonds. The fourth-order valence-electron chi connectivity index (χ4n) is 3.15. The van der Waals surface area contributed by atoms with Crippen LogP contribution >= 0.6 is 0 Å². The molecule has 0 radical (unpaired) electrons. The molecule has 29 heavy (non-hydrogen) atoms. The zero-order chi connectivity index (χ0) is 21.2. The zero-order valence-corrected chi connectivity index (χ0v) is 17.9. The second-order valence-electron chi connectivity index (χ2n) is 7.48. The number of rotatable bonds is 6. The molecule has 1 fully saturated rings. The number of carbonyl (C=O) groups is 1. The molecule has 156 valence electrons. The van der Waals surface area contributed by atoms with Crippen molar-refractivity contribution in [3.05, 3.63) is 59.7 Å². The number of nitrogens with one attached hydrogen (secondary N) is 2. The molecule has 0 aromatic heterocycles. The Hall–Kier alpha value is -2.39. The lowest BCUT2D eigenvalue weighted by Crippen LogP contribution is -2.35. The van der Waals surface area contributed by atoms with E-state index in [2.05, 4.69) is 10.0 Å². The van der Waals surface area contributed by atoms with Gasteiger partial charge < -0.3 is 5.32 Å². The average Bonchev–Trinajstić information content (AvgIpc) is 3.00. The van der Waals surface area contributed by atoms with Crippen molar-refractivity contribution in [1.82, 2.24) is 5.32 Å². The minimum Gasteiger partial charge on any atom is -0.348 e. The molecule has 7 nitrogen and oxygen atoms in total. The highest BCUT2D eigenvalue weighted by molar-refractivity contribution is 7.92. The highest BCUT2D eigenvalue weighted by atomic mass is 32.2. The van der Waals surface area contributed by atoms with Crippen LogP contribution in [0.25, 0.3) is 0 Å². The van der Waals surface area contributed by atoms with Gasteiger partial charge in [0, 0.05) is 17.3 Å². The van der Waals surface area contributed by atoms with Crippen LogP contribution < -0.4 is 10.0 Å². The van der Waals surface area contributed by atoms with E-state index in [1.54, 1.807) is 42.5 Å². The maximum absolute atomic E-state index is 12.6. The second kappa shape index (κ2) is 8.16. The van der Waals surface area contributed by atoms with Crippen molar-refractivity contribution in [2.45, 2.75) is 37.1 Å². The Balaban J connectivity index is 1.72. The Morgan fingerprint density at radius 2 is 1.79 bits per heavy atom. The van der Waals surface area contributed by atoms with Crippen LogP contribution in [-0.2, 0) is 19.9 Å². The molecule has 3 rings (SSSR count). The Bertz CT molecular complexity index is 1110. The van der Waals surface area contributed by atoms with Gasteiger partial charge in [-0.25, -0.2) is 16.8 Å². The molecule has 1 saturated heterocycles. The van der Waals surface area contributed by atoms with E-state index < -0.39 is 31.8 Å². The van der Waals surface area contributed by atoms with Crippen LogP contribution in [0.15, 0.2) is 53.4 Å². The molecule has 0 unspecified atom stereocenters. The maximum Gasteiger partial charge on any atom is 0.261 e. The van der Waals surface area contributed by atoms with Gasteiger partial charge in [0.25, 0.3) is 15.9 Å². The van der Waals surface area contributed by atoms with Crippen LogP contribution in [0.5, 0.6) is 0 Å². The molecule has 2 aromatic carbocycles. The summed E-state index contributed by atoms with van der Waals surface area (Å²) in [4.78, 5) is 12.5. The number of sulfone groups is 1. The summed E-state index contributed by atoms with van der Waals surface area (Å²) in [7, 11) is -6.90. The van der Waals surface area contributed by atoms with Gasteiger partial charge in [0.1, 0.15) is 0 Å². The summed E-state index contributed by atoms with van der Waals surface area (Å²) in [6.07, 6.45) is 0.382. The second-order valence-corrected chi connectivity index (χ2v) is 11.4. The normalized spacial score (nSPS) is 18.5. The van der Waals surface area contributed by atoms with Gasteiger partial charge in [-0.1, -0.05) is 32.0 Å². The Morgan fingerprint density at radius 1 is 1.10 bits per heavy atom. The number of hydrogen-bond donors (Lipinski definition) is 2. The summed E-state index contributed by atoms with van der Waals surface area (Å²) >= 11 is 0. The van der Waals surface area contributed by atoms with E-state index in [0.717, 1.165) is 5.56 Å². The lowest BCUT2D eigenvalue weighted by molar-refractivity contribution is 0.0941. The van der Waals surface area contributed by atoms with E-state index in [1.807, 2.05) is 13.8 Å². The number of hydrogen-bond acceptors (Lipinski definition) is 5. The standard InChI is InChI=1S/C20H24N2O5S2/c1-14(2)15-6-8-19(9-7-15)29(26,27)22-17-5-3-4-16(12-17)20(23)21-18-10-11-28(24,25)13-18/h3-9,12,14,18,22H,10-11,13H2,1-2H3,(H,21,23)/t18-/m0/s1. The molecule has 0 bridgehead atoms. The Morgan fingerprint density at radius 3 is 2.38 bits per heavy atom. The summed E-state index contributed by atoms with van der Waals surface area (Å²) in [5.41, 5.74) is 1.55. The van der Waals surface area contributed by atoms with Gasteiger partial charge in [-0.05, 0) is 48.2 Å². The molecule has 1 aliphatic heterocycles. The third-order valence-corrected chi connectivity index (χ3v) is 7.97. The smallest absolute Gasteiger partial charge is 0.261 e. The number of benzene rings is 2. The molecule has 1 aliphatic rings. The van der Waals surface area contributed by atoms with Gasteiger partial charge in [0.15, 0.2) is 9.84 Å². The largest absolute Gasteiger partial charge is 0.348 e. The number of anilines is 1. The van der Waals surface area contributed by atoms with Gasteiger partial charge >= 0.3 is 0 Å². The van der Waals surface area contributed by atoms with Gasteiger partial charge in [0.05, 0.1) is 16.4 Å². The van der Waals surface area contributed by atoms with Crippen molar-refractivity contribution in [3.8, 4) is 0 Å². The predicted octanol–water partition coefficient (Wildman–Crippen LogP) is 2.53. The van der Waals surface area contributed by atoms with E-state index in [0.29, 0.717) is 12.3 Å². The molecule has 2 N–H and O–H groups in total. The Labute approximate surface area is 171 Å². The van der Waals surface area contributed by atoms with Crippen LogP contribution in [0.4, 0.5) is 5.69 Å². The zero-order valence-electron chi connectivity index (χ0n) is 16.3. The van der Waals surface area contributed by atoms with E-state index >= 15 is 0 Å². The van der Waals surface area contributed by atoms with Crippen LogP contribution in [0, 0.1) is 0 Å². The van der Waals surface area contributed by atoms with Crippen molar-refractivity contribution >= 4 is 31.5 Å². The topological polar surface area (TPSA) is 109 Å². The fourth-order valence-corrected chi connectivity index (χ4v) is 5.87. The SMILES string of the molecule is CC(C)c1ccc(S(=O)(=O)Nc2cccc(C(=O)N[C@H]3CCS(=O)(=O)C3)c2)cc1. The highest BCUT2D eigenvalue weighted by Gasteiger charge is 2.29. The first-order valence-corrected chi connectivity index (χ1v) is 12.6. The van der Waals surface area contributed by atoms with Gasteiger partial charge in [0.2, 0.25) is 0 Å². The summed E-state index contributed by atoms with van der Waals surface area (Å²) in [5, 5.41) is 2.69. The number of amides is 1. The van der Waals surface area contributed by atoms with E-state index in [9.17, 15) is 21.6 Å². The molecule has 0 spiro atoms. The van der Waals surface area contributed by atoms with Gasteiger partial charge in [-0.15, -0.1) is 0 Å². The van der Waals surface area contributed by atoms with Crippen molar-refractivity contribution in [2.75, 3.05) is 16.2 Å². The van der Waals surface area contributed by atoms with Crippen LogP contribution in [-0.4, -0.2) is 40.3 Å². The van der Waals surface area contributed by atoms with Crippen LogP contribution in [0.2, 0.25) is 0 Å². The third-order valence-electron chi connectivity index (χ3n) is 4.80. The average molecular weight is 437 g/mol. The van der Waals surface area contributed by atoms with Gasteiger partial charge in [-0.2, -0.15) is 0 Å². The minimum atomic E-state index is -3.80. The highest BCUT2D eigenvalue weighted by Crippen LogP contribution is 2.21. The predicted molar refractivity (Wildman–Crippen MR) is 112 cm³/mol. The van der Waals surface area contributed by atoms with E-state index in [1.165, 1.54) is 6.07 Å². The van der Waals surface area contributed by atoms with Crippen molar-refractivity contribution in [2.24, 2.45) is 0 Å². The molecular weight excluding hydrogens is 412 g/mol.